The Kier molecular flexibility index (Phi) is 7.12. The Bertz CT molecular complexity index is 1090. The van der Waals surface area contributed by atoms with E-state index in [-0.39, 0.29) is 0 Å². The lowest BCUT2D eigenvalue weighted by Gasteiger charge is -2.11. The average Bonchev–Trinajstić information content (AvgIpc) is 3.11. The van der Waals surface area contributed by atoms with Gasteiger partial charge in [0.1, 0.15) is 18.1 Å². The number of carbonyl (C=O) groups is 1. The predicted molar refractivity (Wildman–Crippen MR) is 118 cm³/mol. The maximum atomic E-state index is 11.3. The second-order valence-corrected chi connectivity index (χ2v) is 8.68. The standard InChI is InChI=1S/C22H26N2O5S/c1-28-21(16-25)14-17-4-6-19(7-5-17)23-11-3-12-24-13-10-18-15-20(8-9-22(18)24)29-30(2,26)27/h4-10,13,15-16,21,23H,3,11-12,14H2,1-2H3/t21-/m0/s1. The number of ether oxygens (including phenoxy) is 1. The quantitative estimate of drug-likeness (QED) is 0.286. The van der Waals surface area contributed by atoms with Gasteiger partial charge < -0.3 is 23.6 Å². The number of methoxy groups -OCH3 is 1. The van der Waals surface area contributed by atoms with E-state index in [1.165, 1.54) is 7.11 Å². The van der Waals surface area contributed by atoms with Crippen LogP contribution in [0.15, 0.2) is 54.7 Å². The van der Waals surface area contributed by atoms with Crippen LogP contribution in [-0.2, 0) is 32.6 Å². The van der Waals surface area contributed by atoms with Crippen LogP contribution in [-0.4, -0.2) is 45.3 Å². The van der Waals surface area contributed by atoms with Gasteiger partial charge in [0.15, 0.2) is 0 Å². The lowest BCUT2D eigenvalue weighted by molar-refractivity contribution is -0.116. The van der Waals surface area contributed by atoms with Crippen molar-refractivity contribution in [1.82, 2.24) is 4.57 Å². The zero-order valence-electron chi connectivity index (χ0n) is 17.1. The van der Waals surface area contributed by atoms with E-state index in [1.807, 2.05) is 42.6 Å². The van der Waals surface area contributed by atoms with Gasteiger partial charge in [-0.05, 0) is 48.4 Å². The molecular weight excluding hydrogens is 404 g/mol. The molecule has 0 amide bonds. The number of benzene rings is 2. The summed E-state index contributed by atoms with van der Waals surface area (Å²) in [6.45, 7) is 1.64. The van der Waals surface area contributed by atoms with E-state index in [1.54, 1.807) is 12.1 Å². The number of hydrogen-bond donors (Lipinski definition) is 1. The van der Waals surface area contributed by atoms with E-state index < -0.39 is 16.2 Å². The molecule has 0 spiro atoms. The first-order chi connectivity index (χ1) is 14.4. The number of nitrogens with one attached hydrogen (secondary N) is 1. The van der Waals surface area contributed by atoms with E-state index in [4.69, 9.17) is 8.92 Å². The summed E-state index contributed by atoms with van der Waals surface area (Å²) in [5, 5.41) is 4.33. The molecule has 2 aromatic carbocycles. The van der Waals surface area contributed by atoms with Gasteiger partial charge in [0.05, 0.1) is 6.26 Å². The molecule has 8 heteroatoms. The van der Waals surface area contributed by atoms with Crippen LogP contribution in [0.4, 0.5) is 5.69 Å². The molecule has 30 heavy (non-hydrogen) atoms. The summed E-state index contributed by atoms with van der Waals surface area (Å²) in [4.78, 5) is 10.9. The molecule has 0 unspecified atom stereocenters. The van der Waals surface area contributed by atoms with Crippen LogP contribution >= 0.6 is 0 Å². The van der Waals surface area contributed by atoms with Crippen LogP contribution < -0.4 is 9.50 Å². The normalized spacial score (nSPS) is 12.6. The van der Waals surface area contributed by atoms with Crippen molar-refractivity contribution in [3.05, 3.63) is 60.3 Å². The van der Waals surface area contributed by atoms with Gasteiger partial charge >= 0.3 is 10.1 Å². The maximum Gasteiger partial charge on any atom is 0.306 e. The Hall–Kier alpha value is -2.84. The Labute approximate surface area is 176 Å². The fourth-order valence-corrected chi connectivity index (χ4v) is 3.71. The third kappa shape index (κ3) is 6.08. The monoisotopic (exact) mass is 430 g/mol. The highest BCUT2D eigenvalue weighted by Gasteiger charge is 2.08. The molecule has 3 rings (SSSR count). The average molecular weight is 431 g/mol. The lowest BCUT2D eigenvalue weighted by Crippen LogP contribution is -2.15. The number of aryl methyl sites for hydroxylation is 1. The van der Waals surface area contributed by atoms with Crippen molar-refractivity contribution in [3.63, 3.8) is 0 Å². The van der Waals surface area contributed by atoms with E-state index in [2.05, 4.69) is 9.88 Å². The first kappa shape index (κ1) is 21.9. The largest absolute Gasteiger partial charge is 0.385 e. The van der Waals surface area contributed by atoms with Crippen LogP contribution in [0.5, 0.6) is 5.75 Å². The molecule has 160 valence electrons. The van der Waals surface area contributed by atoms with Crippen molar-refractivity contribution in [2.75, 3.05) is 25.2 Å². The van der Waals surface area contributed by atoms with Gasteiger partial charge in [-0.15, -0.1) is 0 Å². The fraction of sp³-hybridized carbons (Fsp3) is 0.318. The van der Waals surface area contributed by atoms with Gasteiger partial charge in [0.25, 0.3) is 0 Å². The van der Waals surface area contributed by atoms with Gasteiger partial charge in [-0.2, -0.15) is 8.42 Å². The van der Waals surface area contributed by atoms with Gasteiger partial charge in [-0.3, -0.25) is 0 Å². The molecule has 7 nitrogen and oxygen atoms in total. The zero-order valence-corrected chi connectivity index (χ0v) is 17.9. The first-order valence-corrected chi connectivity index (χ1v) is 11.5. The topological polar surface area (TPSA) is 86.6 Å². The minimum atomic E-state index is -3.53. The predicted octanol–water partition coefficient (Wildman–Crippen LogP) is 3.24. The van der Waals surface area contributed by atoms with Crippen LogP contribution in [0.3, 0.4) is 0 Å². The van der Waals surface area contributed by atoms with E-state index in [0.717, 1.165) is 54.2 Å². The molecule has 0 saturated heterocycles. The van der Waals surface area contributed by atoms with Gasteiger partial charge in [-0.1, -0.05) is 12.1 Å². The Balaban J connectivity index is 1.50. The number of aldehydes is 1. The van der Waals surface area contributed by atoms with Gasteiger partial charge in [0, 0.05) is 49.4 Å². The molecule has 1 aromatic heterocycles. The molecular formula is C22H26N2O5S. The molecule has 1 heterocycles. The molecule has 1 atom stereocenters. The Morgan fingerprint density at radius 2 is 1.90 bits per heavy atom. The third-order valence-corrected chi connectivity index (χ3v) is 5.24. The number of hydrogen-bond acceptors (Lipinski definition) is 6. The minimum absolute atomic E-state index is 0.317. The Morgan fingerprint density at radius 3 is 2.57 bits per heavy atom. The minimum Gasteiger partial charge on any atom is -0.385 e. The number of carbonyl (C=O) groups excluding carboxylic acids is 1. The van der Waals surface area contributed by atoms with Crippen molar-refractivity contribution in [3.8, 4) is 5.75 Å². The summed E-state index contributed by atoms with van der Waals surface area (Å²) < 4.78 is 34.7. The molecule has 0 aliphatic rings. The summed E-state index contributed by atoms with van der Waals surface area (Å²) in [6.07, 6.45) is 4.92. The molecule has 1 N–H and O–H groups in total. The first-order valence-electron chi connectivity index (χ1n) is 9.67. The van der Waals surface area contributed by atoms with Crippen molar-refractivity contribution in [1.29, 1.82) is 0 Å². The number of fused-ring (bicyclic) bond motifs is 1. The highest BCUT2D eigenvalue weighted by atomic mass is 32.2. The highest BCUT2D eigenvalue weighted by Crippen LogP contribution is 2.23. The van der Waals surface area contributed by atoms with Crippen molar-refractivity contribution in [2.45, 2.75) is 25.5 Å². The van der Waals surface area contributed by atoms with E-state index >= 15 is 0 Å². The molecule has 0 saturated carbocycles. The van der Waals surface area contributed by atoms with Crippen molar-refractivity contribution in [2.24, 2.45) is 0 Å². The highest BCUT2D eigenvalue weighted by molar-refractivity contribution is 7.86. The second-order valence-electron chi connectivity index (χ2n) is 7.11. The van der Waals surface area contributed by atoms with Crippen molar-refractivity contribution < 1.29 is 22.1 Å². The van der Waals surface area contributed by atoms with Gasteiger partial charge in [-0.25, -0.2) is 0 Å². The molecule has 3 aromatic rings. The van der Waals surface area contributed by atoms with Crippen LogP contribution in [0, 0.1) is 0 Å². The molecule has 0 aliphatic carbocycles. The van der Waals surface area contributed by atoms with Crippen LogP contribution in [0.2, 0.25) is 0 Å². The maximum absolute atomic E-state index is 11.3. The number of aromatic nitrogens is 1. The molecule has 0 aliphatic heterocycles. The Morgan fingerprint density at radius 1 is 1.13 bits per heavy atom. The second kappa shape index (κ2) is 9.77. The third-order valence-electron chi connectivity index (χ3n) is 4.74. The lowest BCUT2D eigenvalue weighted by atomic mass is 10.1. The van der Waals surface area contributed by atoms with Crippen LogP contribution in [0.1, 0.15) is 12.0 Å². The number of anilines is 1. The van der Waals surface area contributed by atoms with Crippen LogP contribution in [0.25, 0.3) is 10.9 Å². The smallest absolute Gasteiger partial charge is 0.306 e. The number of rotatable bonds is 11. The number of nitrogens with zero attached hydrogens (tertiary/aromatic N) is 1. The summed E-state index contributed by atoms with van der Waals surface area (Å²) >= 11 is 0. The summed E-state index contributed by atoms with van der Waals surface area (Å²) in [5.41, 5.74) is 3.11. The molecule has 0 fully saturated rings. The van der Waals surface area contributed by atoms with E-state index in [9.17, 15) is 13.2 Å². The fourth-order valence-electron chi connectivity index (χ4n) is 3.26. The summed E-state index contributed by atoms with van der Waals surface area (Å²) in [5.74, 6) is 0.317. The summed E-state index contributed by atoms with van der Waals surface area (Å²) in [7, 11) is -2.00. The molecule has 0 bridgehead atoms. The molecule has 0 radical (unpaired) electrons. The van der Waals surface area contributed by atoms with Crippen molar-refractivity contribution >= 4 is 33.0 Å². The summed E-state index contributed by atoms with van der Waals surface area (Å²) in [6, 6.07) is 15.2. The zero-order chi connectivity index (χ0) is 21.6. The SMILES string of the molecule is CO[C@H](C=O)Cc1ccc(NCCCn2ccc3cc(OS(C)(=O)=O)ccc32)cc1. The van der Waals surface area contributed by atoms with Gasteiger partial charge in [0.2, 0.25) is 0 Å². The van der Waals surface area contributed by atoms with E-state index in [0.29, 0.717) is 12.2 Å².